The van der Waals surface area contributed by atoms with Gasteiger partial charge in [0.25, 0.3) is 0 Å². The van der Waals surface area contributed by atoms with Crippen LogP contribution in [-0.2, 0) is 13.0 Å². The molecule has 2 fully saturated rings. The largest absolute Gasteiger partial charge is 0.398 e. The van der Waals surface area contributed by atoms with E-state index in [-0.39, 0.29) is 0 Å². The second-order valence-corrected chi connectivity index (χ2v) is 6.87. The van der Waals surface area contributed by atoms with E-state index < -0.39 is 0 Å². The Labute approximate surface area is 121 Å². The van der Waals surface area contributed by atoms with Crippen LogP contribution in [0.25, 0.3) is 0 Å². The molecule has 20 heavy (non-hydrogen) atoms. The molecule has 0 spiro atoms. The Morgan fingerprint density at radius 3 is 2.85 bits per heavy atom. The predicted octanol–water partition coefficient (Wildman–Crippen LogP) is 2.25. The Morgan fingerprint density at radius 2 is 2.05 bits per heavy atom. The van der Waals surface area contributed by atoms with Crippen LogP contribution in [0.1, 0.15) is 37.3 Å². The van der Waals surface area contributed by atoms with Gasteiger partial charge in [-0.3, -0.25) is 9.80 Å². The molecule has 3 heteroatoms. The van der Waals surface area contributed by atoms with E-state index >= 15 is 0 Å². The van der Waals surface area contributed by atoms with Crippen LogP contribution in [-0.4, -0.2) is 41.0 Å². The van der Waals surface area contributed by atoms with Crippen LogP contribution in [0, 0.1) is 0 Å². The average Bonchev–Trinajstić information content (AvgIpc) is 3.22. The second-order valence-electron chi connectivity index (χ2n) is 6.87. The molecule has 1 aromatic carbocycles. The van der Waals surface area contributed by atoms with Crippen LogP contribution < -0.4 is 5.73 Å². The van der Waals surface area contributed by atoms with E-state index in [0.717, 1.165) is 36.8 Å². The third-order valence-electron chi connectivity index (χ3n) is 5.46. The van der Waals surface area contributed by atoms with Gasteiger partial charge in [0, 0.05) is 43.4 Å². The highest BCUT2D eigenvalue weighted by Gasteiger charge is 2.41. The molecule has 2 atom stereocenters. The van der Waals surface area contributed by atoms with Crippen molar-refractivity contribution >= 4 is 5.69 Å². The summed E-state index contributed by atoms with van der Waals surface area (Å²) < 4.78 is 0. The first-order valence-electron chi connectivity index (χ1n) is 8.08. The van der Waals surface area contributed by atoms with E-state index in [2.05, 4.69) is 28.9 Å². The molecule has 1 saturated carbocycles. The molecule has 0 radical (unpaired) electrons. The minimum Gasteiger partial charge on any atom is -0.398 e. The maximum absolute atomic E-state index is 6.11. The third kappa shape index (κ3) is 2.13. The SMILES string of the molecule is CC1CC(N2CCc3c(N)cccc3C2)CN1C1CC1. The number of nitrogen functional groups attached to an aromatic ring is 1. The molecule has 2 aliphatic heterocycles. The fourth-order valence-electron chi connectivity index (χ4n) is 4.18. The van der Waals surface area contributed by atoms with Gasteiger partial charge in [-0.1, -0.05) is 12.1 Å². The fraction of sp³-hybridized carbons (Fsp3) is 0.647. The van der Waals surface area contributed by atoms with E-state index in [1.807, 2.05) is 6.07 Å². The van der Waals surface area contributed by atoms with Gasteiger partial charge < -0.3 is 5.73 Å². The number of hydrogen-bond donors (Lipinski definition) is 1. The lowest BCUT2D eigenvalue weighted by atomic mass is 9.96. The first-order chi connectivity index (χ1) is 9.72. The molecule has 3 nitrogen and oxygen atoms in total. The van der Waals surface area contributed by atoms with E-state index in [4.69, 9.17) is 5.73 Å². The highest BCUT2D eigenvalue weighted by molar-refractivity contribution is 5.51. The van der Waals surface area contributed by atoms with Crippen molar-refractivity contribution in [2.75, 3.05) is 18.8 Å². The quantitative estimate of drug-likeness (QED) is 0.837. The smallest absolute Gasteiger partial charge is 0.0350 e. The van der Waals surface area contributed by atoms with Crippen LogP contribution in [0.3, 0.4) is 0 Å². The number of benzene rings is 1. The zero-order valence-electron chi connectivity index (χ0n) is 12.4. The summed E-state index contributed by atoms with van der Waals surface area (Å²) in [7, 11) is 0. The second kappa shape index (κ2) is 4.74. The highest BCUT2D eigenvalue weighted by atomic mass is 15.3. The summed E-state index contributed by atoms with van der Waals surface area (Å²) in [5, 5.41) is 0. The van der Waals surface area contributed by atoms with Crippen molar-refractivity contribution in [3.63, 3.8) is 0 Å². The summed E-state index contributed by atoms with van der Waals surface area (Å²) in [5.74, 6) is 0. The molecule has 108 valence electrons. The molecule has 2 N–H and O–H groups in total. The maximum atomic E-state index is 6.11. The van der Waals surface area contributed by atoms with E-state index in [9.17, 15) is 0 Å². The molecule has 1 aliphatic carbocycles. The Morgan fingerprint density at radius 1 is 1.20 bits per heavy atom. The summed E-state index contributed by atoms with van der Waals surface area (Å²) in [6.07, 6.45) is 5.32. The maximum Gasteiger partial charge on any atom is 0.0350 e. The van der Waals surface area contributed by atoms with Gasteiger partial charge in [-0.2, -0.15) is 0 Å². The molecular weight excluding hydrogens is 246 g/mol. The van der Waals surface area contributed by atoms with Crippen molar-refractivity contribution in [3.05, 3.63) is 29.3 Å². The molecule has 1 saturated heterocycles. The summed E-state index contributed by atoms with van der Waals surface area (Å²) in [5.41, 5.74) is 9.94. The number of nitrogens with two attached hydrogens (primary N) is 1. The summed E-state index contributed by atoms with van der Waals surface area (Å²) in [6, 6.07) is 8.83. The number of anilines is 1. The van der Waals surface area contributed by atoms with Crippen molar-refractivity contribution in [3.8, 4) is 0 Å². The minimum absolute atomic E-state index is 0.750. The van der Waals surface area contributed by atoms with Crippen molar-refractivity contribution in [2.45, 2.75) is 57.3 Å². The van der Waals surface area contributed by atoms with Gasteiger partial charge in [0.1, 0.15) is 0 Å². The van der Waals surface area contributed by atoms with E-state index in [0.29, 0.717) is 0 Å². The Hall–Kier alpha value is -1.06. The Bertz CT molecular complexity index is 509. The lowest BCUT2D eigenvalue weighted by Crippen LogP contribution is -2.41. The lowest BCUT2D eigenvalue weighted by molar-refractivity contribution is 0.174. The van der Waals surface area contributed by atoms with Crippen LogP contribution in [0.2, 0.25) is 0 Å². The van der Waals surface area contributed by atoms with Crippen LogP contribution in [0.15, 0.2) is 18.2 Å². The van der Waals surface area contributed by atoms with Gasteiger partial charge in [-0.15, -0.1) is 0 Å². The molecule has 2 unspecified atom stereocenters. The number of rotatable bonds is 2. The molecule has 0 aromatic heterocycles. The molecule has 3 aliphatic rings. The number of fused-ring (bicyclic) bond motifs is 1. The number of hydrogen-bond acceptors (Lipinski definition) is 3. The standard InChI is InChI=1S/C17H25N3/c1-12-9-15(11-20(12)14-5-6-14)19-8-7-16-13(10-19)3-2-4-17(16)18/h2-4,12,14-15H,5-11,18H2,1H3. The van der Waals surface area contributed by atoms with Gasteiger partial charge in [-0.05, 0) is 49.8 Å². The highest BCUT2D eigenvalue weighted by Crippen LogP contribution is 2.36. The monoisotopic (exact) mass is 271 g/mol. The predicted molar refractivity (Wildman–Crippen MR) is 82.6 cm³/mol. The van der Waals surface area contributed by atoms with Gasteiger partial charge in [0.15, 0.2) is 0 Å². The van der Waals surface area contributed by atoms with E-state index in [1.165, 1.54) is 43.5 Å². The first kappa shape index (κ1) is 12.7. The molecule has 0 amide bonds. The van der Waals surface area contributed by atoms with E-state index in [1.54, 1.807) is 0 Å². The number of likely N-dealkylation sites (tertiary alicyclic amines) is 1. The molecule has 1 aromatic rings. The van der Waals surface area contributed by atoms with Crippen LogP contribution in [0.4, 0.5) is 5.69 Å². The lowest BCUT2D eigenvalue weighted by Gasteiger charge is -2.34. The van der Waals surface area contributed by atoms with Crippen molar-refractivity contribution in [2.24, 2.45) is 0 Å². The first-order valence-corrected chi connectivity index (χ1v) is 8.08. The third-order valence-corrected chi connectivity index (χ3v) is 5.46. The zero-order valence-corrected chi connectivity index (χ0v) is 12.4. The molecule has 4 rings (SSSR count). The normalized spacial score (nSPS) is 31.4. The number of nitrogens with zero attached hydrogens (tertiary/aromatic N) is 2. The van der Waals surface area contributed by atoms with Crippen molar-refractivity contribution in [1.82, 2.24) is 9.80 Å². The molecule has 0 bridgehead atoms. The molecular formula is C17H25N3. The fourth-order valence-corrected chi connectivity index (χ4v) is 4.18. The van der Waals surface area contributed by atoms with Gasteiger partial charge in [-0.25, -0.2) is 0 Å². The summed E-state index contributed by atoms with van der Waals surface area (Å²) >= 11 is 0. The topological polar surface area (TPSA) is 32.5 Å². The Balaban J connectivity index is 1.48. The van der Waals surface area contributed by atoms with Crippen molar-refractivity contribution in [1.29, 1.82) is 0 Å². The van der Waals surface area contributed by atoms with Gasteiger partial charge >= 0.3 is 0 Å². The van der Waals surface area contributed by atoms with Crippen LogP contribution >= 0.6 is 0 Å². The minimum atomic E-state index is 0.750. The van der Waals surface area contributed by atoms with Crippen molar-refractivity contribution < 1.29 is 0 Å². The van der Waals surface area contributed by atoms with Crippen LogP contribution in [0.5, 0.6) is 0 Å². The average molecular weight is 271 g/mol. The van der Waals surface area contributed by atoms with Gasteiger partial charge in [0.05, 0.1) is 0 Å². The Kier molecular flexibility index (Phi) is 3.00. The van der Waals surface area contributed by atoms with Gasteiger partial charge in [0.2, 0.25) is 0 Å². The molecule has 2 heterocycles. The summed E-state index contributed by atoms with van der Waals surface area (Å²) in [6.45, 7) is 5.96. The summed E-state index contributed by atoms with van der Waals surface area (Å²) in [4.78, 5) is 5.44. The zero-order chi connectivity index (χ0) is 13.7.